The number of aryl methyl sites for hydroxylation is 2. The van der Waals surface area contributed by atoms with Crippen LogP contribution in [0.1, 0.15) is 17.5 Å². The molecule has 0 fully saturated rings. The molecular weight excluding hydrogens is 306 g/mol. The summed E-state index contributed by atoms with van der Waals surface area (Å²) < 4.78 is 16.3. The van der Waals surface area contributed by atoms with E-state index >= 15 is 0 Å². The Morgan fingerprint density at radius 3 is 2.50 bits per heavy atom. The van der Waals surface area contributed by atoms with Gasteiger partial charge in [0, 0.05) is 23.9 Å². The number of fused-ring (bicyclic) bond motifs is 1. The number of benzene rings is 2. The number of hydrogen-bond donors (Lipinski definition) is 1. The lowest BCUT2D eigenvalue weighted by Gasteiger charge is -2.25. The van der Waals surface area contributed by atoms with Crippen molar-refractivity contribution in [3.63, 3.8) is 0 Å². The molecule has 2 aromatic carbocycles. The van der Waals surface area contributed by atoms with Gasteiger partial charge in [0.1, 0.15) is 17.2 Å². The van der Waals surface area contributed by atoms with Crippen LogP contribution in [-0.2, 0) is 11.2 Å². The van der Waals surface area contributed by atoms with Gasteiger partial charge >= 0.3 is 0 Å². The van der Waals surface area contributed by atoms with E-state index in [-0.39, 0.29) is 5.91 Å². The van der Waals surface area contributed by atoms with Gasteiger partial charge in [-0.1, -0.05) is 17.7 Å². The lowest BCUT2D eigenvalue weighted by molar-refractivity contribution is -0.123. The van der Waals surface area contributed by atoms with E-state index in [1.54, 1.807) is 32.4 Å². The topological polar surface area (TPSA) is 56.8 Å². The molecule has 1 heterocycles. The summed E-state index contributed by atoms with van der Waals surface area (Å²) in [6.45, 7) is 2.05. The molecule has 0 radical (unpaired) electrons. The molecule has 1 aliphatic heterocycles. The van der Waals surface area contributed by atoms with Crippen LogP contribution in [0.3, 0.4) is 0 Å². The smallest absolute Gasteiger partial charge is 0.265 e. The van der Waals surface area contributed by atoms with Crippen LogP contribution in [0.15, 0.2) is 36.4 Å². The van der Waals surface area contributed by atoms with Crippen LogP contribution in [0.25, 0.3) is 0 Å². The molecule has 1 unspecified atom stereocenters. The molecule has 126 valence electrons. The molecule has 0 bridgehead atoms. The van der Waals surface area contributed by atoms with Gasteiger partial charge in [-0.3, -0.25) is 4.79 Å². The first-order valence-electron chi connectivity index (χ1n) is 7.89. The molecule has 2 aromatic rings. The summed E-state index contributed by atoms with van der Waals surface area (Å²) in [6, 6.07) is 11.3. The number of rotatable bonds is 4. The first kappa shape index (κ1) is 16.2. The lowest BCUT2D eigenvalue weighted by atomic mass is 10.00. The lowest BCUT2D eigenvalue weighted by Crippen LogP contribution is -2.35. The Balaban J connectivity index is 1.73. The number of anilines is 1. The molecule has 1 aliphatic rings. The summed E-state index contributed by atoms with van der Waals surface area (Å²) in [5.74, 6) is 1.86. The van der Waals surface area contributed by atoms with Crippen molar-refractivity contribution in [3.8, 4) is 17.2 Å². The second-order valence-corrected chi connectivity index (χ2v) is 5.85. The Kier molecular flexibility index (Phi) is 4.60. The number of methoxy groups -OCH3 is 2. The van der Waals surface area contributed by atoms with Crippen LogP contribution in [0.4, 0.5) is 5.69 Å². The molecule has 1 atom stereocenters. The van der Waals surface area contributed by atoms with Crippen LogP contribution < -0.4 is 19.5 Å². The number of carbonyl (C=O) groups excluding carboxylic acids is 1. The van der Waals surface area contributed by atoms with Gasteiger partial charge in [0.05, 0.1) is 14.2 Å². The van der Waals surface area contributed by atoms with Crippen molar-refractivity contribution in [2.24, 2.45) is 0 Å². The number of ether oxygens (including phenoxy) is 3. The normalized spacial score (nSPS) is 15.9. The second-order valence-electron chi connectivity index (χ2n) is 5.85. The van der Waals surface area contributed by atoms with Crippen molar-refractivity contribution in [1.29, 1.82) is 0 Å². The monoisotopic (exact) mass is 327 g/mol. The van der Waals surface area contributed by atoms with E-state index in [0.29, 0.717) is 23.6 Å². The van der Waals surface area contributed by atoms with Crippen LogP contribution >= 0.6 is 0 Å². The van der Waals surface area contributed by atoms with Crippen molar-refractivity contribution in [2.75, 3.05) is 19.5 Å². The maximum atomic E-state index is 12.5. The standard InChI is InChI=1S/C19H21NO4/c1-12-4-6-17-13(8-12)5-7-18(24-17)19(21)20-14-9-15(22-2)11-16(10-14)23-3/h4,6,8-11,18H,5,7H2,1-3H3,(H,20,21). The van der Waals surface area contributed by atoms with Crippen molar-refractivity contribution < 1.29 is 19.0 Å². The average Bonchev–Trinajstić information content (AvgIpc) is 2.60. The molecular formula is C19H21NO4. The van der Waals surface area contributed by atoms with Gasteiger partial charge in [0.15, 0.2) is 6.10 Å². The SMILES string of the molecule is COc1cc(NC(=O)C2CCc3cc(C)ccc3O2)cc(OC)c1. The summed E-state index contributed by atoms with van der Waals surface area (Å²) in [5.41, 5.74) is 2.97. The van der Waals surface area contributed by atoms with Crippen LogP contribution in [-0.4, -0.2) is 26.2 Å². The molecule has 5 nitrogen and oxygen atoms in total. The van der Waals surface area contributed by atoms with Gasteiger partial charge in [0.2, 0.25) is 0 Å². The maximum absolute atomic E-state index is 12.5. The fourth-order valence-electron chi connectivity index (χ4n) is 2.80. The zero-order valence-electron chi connectivity index (χ0n) is 14.1. The predicted molar refractivity (Wildman–Crippen MR) is 92.1 cm³/mol. The number of carbonyl (C=O) groups is 1. The maximum Gasteiger partial charge on any atom is 0.265 e. The second kappa shape index (κ2) is 6.83. The molecule has 24 heavy (non-hydrogen) atoms. The highest BCUT2D eigenvalue weighted by Gasteiger charge is 2.26. The summed E-state index contributed by atoms with van der Waals surface area (Å²) in [4.78, 5) is 12.5. The zero-order valence-corrected chi connectivity index (χ0v) is 14.1. The third-order valence-electron chi connectivity index (χ3n) is 4.07. The molecule has 0 saturated heterocycles. The first-order chi connectivity index (χ1) is 11.6. The van der Waals surface area contributed by atoms with Crippen LogP contribution in [0.2, 0.25) is 0 Å². The fraction of sp³-hybridized carbons (Fsp3) is 0.316. The van der Waals surface area contributed by atoms with Crippen LogP contribution in [0.5, 0.6) is 17.2 Å². The minimum absolute atomic E-state index is 0.170. The molecule has 5 heteroatoms. The highest BCUT2D eigenvalue weighted by Crippen LogP contribution is 2.30. The molecule has 0 aromatic heterocycles. The quantitative estimate of drug-likeness (QED) is 0.936. The van der Waals surface area contributed by atoms with Crippen molar-refractivity contribution in [1.82, 2.24) is 0 Å². The highest BCUT2D eigenvalue weighted by molar-refractivity contribution is 5.95. The number of amides is 1. The minimum atomic E-state index is -0.502. The van der Waals surface area contributed by atoms with Gasteiger partial charge in [0.25, 0.3) is 5.91 Å². The Morgan fingerprint density at radius 1 is 1.12 bits per heavy atom. The summed E-state index contributed by atoms with van der Waals surface area (Å²) in [6.07, 6.45) is 0.984. The zero-order chi connectivity index (χ0) is 17.1. The number of hydrogen-bond acceptors (Lipinski definition) is 4. The Labute approximate surface area is 141 Å². The predicted octanol–water partition coefficient (Wildman–Crippen LogP) is 3.34. The van der Waals surface area contributed by atoms with Gasteiger partial charge in [-0.25, -0.2) is 0 Å². The van der Waals surface area contributed by atoms with E-state index in [2.05, 4.69) is 18.3 Å². The van der Waals surface area contributed by atoms with Gasteiger partial charge in [-0.05, 0) is 31.4 Å². The Morgan fingerprint density at radius 2 is 1.83 bits per heavy atom. The van der Waals surface area contributed by atoms with Crippen LogP contribution in [0, 0.1) is 6.92 Å². The number of nitrogens with one attached hydrogen (secondary N) is 1. The average molecular weight is 327 g/mol. The largest absolute Gasteiger partial charge is 0.497 e. The van der Waals surface area contributed by atoms with E-state index < -0.39 is 6.10 Å². The van der Waals surface area contributed by atoms with Gasteiger partial charge in [-0.2, -0.15) is 0 Å². The van der Waals surface area contributed by atoms with Gasteiger partial charge < -0.3 is 19.5 Å². The highest BCUT2D eigenvalue weighted by atomic mass is 16.5. The van der Waals surface area contributed by atoms with Crippen molar-refractivity contribution >= 4 is 11.6 Å². The fourth-order valence-corrected chi connectivity index (χ4v) is 2.80. The Bertz CT molecular complexity index is 735. The van der Waals surface area contributed by atoms with E-state index in [1.165, 1.54) is 5.56 Å². The molecule has 1 amide bonds. The van der Waals surface area contributed by atoms with E-state index in [0.717, 1.165) is 17.7 Å². The molecule has 0 aliphatic carbocycles. The Hall–Kier alpha value is -2.69. The molecule has 0 saturated carbocycles. The third-order valence-corrected chi connectivity index (χ3v) is 4.07. The minimum Gasteiger partial charge on any atom is -0.497 e. The summed E-state index contributed by atoms with van der Waals surface area (Å²) in [5, 5.41) is 2.88. The molecule has 0 spiro atoms. The van der Waals surface area contributed by atoms with Crippen molar-refractivity contribution in [2.45, 2.75) is 25.9 Å². The summed E-state index contributed by atoms with van der Waals surface area (Å²) >= 11 is 0. The molecule has 1 N–H and O–H groups in total. The van der Waals surface area contributed by atoms with Crippen molar-refractivity contribution in [3.05, 3.63) is 47.5 Å². The van der Waals surface area contributed by atoms with E-state index in [9.17, 15) is 4.79 Å². The van der Waals surface area contributed by atoms with E-state index in [4.69, 9.17) is 14.2 Å². The first-order valence-corrected chi connectivity index (χ1v) is 7.89. The molecule has 3 rings (SSSR count). The van der Waals surface area contributed by atoms with Gasteiger partial charge in [-0.15, -0.1) is 0 Å². The summed E-state index contributed by atoms with van der Waals surface area (Å²) in [7, 11) is 3.15. The van der Waals surface area contributed by atoms with E-state index in [1.807, 2.05) is 12.1 Å². The third kappa shape index (κ3) is 3.45.